The van der Waals surface area contributed by atoms with E-state index in [0.717, 1.165) is 18.2 Å². The Balaban J connectivity index is 2.10. The molecule has 0 saturated heterocycles. The molecule has 7 heteroatoms. The largest absolute Gasteiger partial charge is 0.356 e. The first kappa shape index (κ1) is 11.2. The minimum atomic E-state index is -0.465. The predicted molar refractivity (Wildman–Crippen MR) is 61.0 cm³/mol. The van der Waals surface area contributed by atoms with Crippen molar-refractivity contribution in [3.8, 4) is 0 Å². The molecule has 0 aliphatic heterocycles. The molecule has 0 radical (unpaired) electrons. The Morgan fingerprint density at radius 2 is 2.25 bits per heavy atom. The Morgan fingerprint density at radius 1 is 1.44 bits per heavy atom. The Hall–Kier alpha value is -1.34. The number of halogens is 2. The van der Waals surface area contributed by atoms with Crippen LogP contribution in [0.25, 0.3) is 0 Å². The molecule has 0 saturated carbocycles. The molecule has 0 aliphatic rings. The number of anilines is 1. The maximum Gasteiger partial charge on any atom is 0.204 e. The number of benzene rings is 1. The Bertz CT molecular complexity index is 550. The molecule has 16 heavy (non-hydrogen) atoms. The van der Waals surface area contributed by atoms with E-state index in [1.54, 1.807) is 0 Å². The third-order valence-electron chi connectivity index (χ3n) is 1.88. The summed E-state index contributed by atoms with van der Waals surface area (Å²) in [6.07, 6.45) is 0. The number of nitrogens with zero attached hydrogens (tertiary/aromatic N) is 1. The molecule has 0 amide bonds. The van der Waals surface area contributed by atoms with E-state index >= 15 is 0 Å². The molecule has 2 rings (SSSR count). The van der Waals surface area contributed by atoms with Crippen LogP contribution in [0.5, 0.6) is 0 Å². The molecule has 2 aromatic rings. The summed E-state index contributed by atoms with van der Waals surface area (Å²) in [4.78, 5) is 0. The fraction of sp³-hybridized carbons (Fsp3) is 0.111. The summed E-state index contributed by atoms with van der Waals surface area (Å²) in [5.74, 6) is -0.916. The molecule has 0 atom stereocenters. The number of hydrogen-bond donors (Lipinski definition) is 2. The molecule has 0 spiro atoms. The fourth-order valence-electron chi connectivity index (χ4n) is 1.16. The van der Waals surface area contributed by atoms with E-state index in [9.17, 15) is 8.78 Å². The van der Waals surface area contributed by atoms with Crippen molar-refractivity contribution in [3.63, 3.8) is 0 Å². The van der Waals surface area contributed by atoms with E-state index in [-0.39, 0.29) is 12.1 Å². The number of aromatic amines is 1. The van der Waals surface area contributed by atoms with Crippen LogP contribution in [0.4, 0.5) is 13.9 Å². The topological polar surface area (TPSA) is 40.7 Å². The second-order valence-electron chi connectivity index (χ2n) is 3.01. The van der Waals surface area contributed by atoms with Crippen molar-refractivity contribution in [2.75, 3.05) is 5.32 Å². The Kier molecular flexibility index (Phi) is 3.25. The fourth-order valence-corrected chi connectivity index (χ4v) is 1.94. The van der Waals surface area contributed by atoms with Crippen molar-refractivity contribution < 1.29 is 8.78 Å². The van der Waals surface area contributed by atoms with Crippen LogP contribution in [-0.4, -0.2) is 10.2 Å². The second-order valence-corrected chi connectivity index (χ2v) is 4.67. The normalized spacial score (nSPS) is 10.4. The predicted octanol–water partition coefficient (Wildman–Crippen LogP) is 3.09. The van der Waals surface area contributed by atoms with Crippen molar-refractivity contribution in [3.05, 3.63) is 39.4 Å². The summed E-state index contributed by atoms with van der Waals surface area (Å²) < 4.78 is 26.6. The molecule has 1 heterocycles. The van der Waals surface area contributed by atoms with Crippen LogP contribution in [0.3, 0.4) is 0 Å². The number of aromatic nitrogens is 2. The van der Waals surface area contributed by atoms with Gasteiger partial charge in [-0.3, -0.25) is 5.10 Å². The first-order chi connectivity index (χ1) is 7.65. The van der Waals surface area contributed by atoms with Crippen LogP contribution in [0.2, 0.25) is 0 Å². The maximum absolute atomic E-state index is 13.2. The van der Waals surface area contributed by atoms with Gasteiger partial charge in [0, 0.05) is 12.1 Å². The van der Waals surface area contributed by atoms with Gasteiger partial charge in [-0.05, 0) is 30.4 Å². The molecule has 3 nitrogen and oxygen atoms in total. The van der Waals surface area contributed by atoms with Crippen molar-refractivity contribution in [1.82, 2.24) is 10.2 Å². The SMILES string of the molecule is Fc1ccc(F)c(CNc2n[nH]c(=S)s2)c1. The van der Waals surface area contributed by atoms with E-state index in [1.807, 2.05) is 0 Å². The lowest BCUT2D eigenvalue weighted by Crippen LogP contribution is -2.02. The van der Waals surface area contributed by atoms with Gasteiger partial charge in [0.15, 0.2) is 3.95 Å². The average Bonchev–Trinajstić information content (AvgIpc) is 2.66. The van der Waals surface area contributed by atoms with E-state index in [1.165, 1.54) is 11.3 Å². The highest BCUT2D eigenvalue weighted by molar-refractivity contribution is 7.73. The minimum Gasteiger partial charge on any atom is -0.356 e. The van der Waals surface area contributed by atoms with Gasteiger partial charge >= 0.3 is 0 Å². The van der Waals surface area contributed by atoms with Crippen molar-refractivity contribution in [2.45, 2.75) is 6.54 Å². The van der Waals surface area contributed by atoms with Gasteiger partial charge in [-0.1, -0.05) is 11.3 Å². The zero-order valence-electron chi connectivity index (χ0n) is 7.96. The molecule has 0 aliphatic carbocycles. The maximum atomic E-state index is 13.2. The first-order valence-electron chi connectivity index (χ1n) is 4.38. The summed E-state index contributed by atoms with van der Waals surface area (Å²) in [6.45, 7) is 0.166. The lowest BCUT2D eigenvalue weighted by Gasteiger charge is -2.03. The molecule has 1 aromatic carbocycles. The van der Waals surface area contributed by atoms with Crippen molar-refractivity contribution in [2.24, 2.45) is 0 Å². The highest BCUT2D eigenvalue weighted by Crippen LogP contribution is 2.15. The zero-order valence-corrected chi connectivity index (χ0v) is 9.59. The van der Waals surface area contributed by atoms with Gasteiger partial charge in [-0.25, -0.2) is 8.78 Å². The van der Waals surface area contributed by atoms with Crippen LogP contribution >= 0.6 is 23.6 Å². The van der Waals surface area contributed by atoms with Crippen LogP contribution in [0.15, 0.2) is 18.2 Å². The summed E-state index contributed by atoms with van der Waals surface area (Å²) >= 11 is 6.07. The first-order valence-corrected chi connectivity index (χ1v) is 5.61. The third-order valence-corrected chi connectivity index (χ3v) is 2.92. The molecular weight excluding hydrogens is 252 g/mol. The summed E-state index contributed by atoms with van der Waals surface area (Å²) in [5, 5.41) is 9.83. The van der Waals surface area contributed by atoms with Crippen LogP contribution < -0.4 is 5.32 Å². The van der Waals surface area contributed by atoms with Crippen molar-refractivity contribution >= 4 is 28.7 Å². The summed E-state index contributed by atoms with van der Waals surface area (Å²) in [7, 11) is 0. The minimum absolute atomic E-state index is 0.166. The molecule has 0 fully saturated rings. The average molecular weight is 259 g/mol. The Morgan fingerprint density at radius 3 is 2.94 bits per heavy atom. The molecule has 1 aromatic heterocycles. The third kappa shape index (κ3) is 2.61. The van der Waals surface area contributed by atoms with Gasteiger partial charge in [-0.15, -0.1) is 5.10 Å². The lowest BCUT2D eigenvalue weighted by molar-refractivity contribution is 0.587. The standard InChI is InChI=1S/C9H7F2N3S2/c10-6-1-2-7(11)5(3-6)4-12-8-13-14-9(15)16-8/h1-3H,4H2,(H,12,13)(H,14,15). The molecule has 0 unspecified atom stereocenters. The summed E-state index contributed by atoms with van der Waals surface area (Å²) in [5.41, 5.74) is 0.251. The zero-order chi connectivity index (χ0) is 11.5. The van der Waals surface area contributed by atoms with E-state index in [0.29, 0.717) is 9.09 Å². The Labute approximate surface area is 99.1 Å². The summed E-state index contributed by atoms with van der Waals surface area (Å²) in [6, 6.07) is 3.32. The monoisotopic (exact) mass is 259 g/mol. The van der Waals surface area contributed by atoms with Gasteiger partial charge < -0.3 is 5.32 Å². The molecular formula is C9H7F2N3S2. The van der Waals surface area contributed by atoms with Gasteiger partial charge in [0.25, 0.3) is 0 Å². The van der Waals surface area contributed by atoms with Crippen LogP contribution in [0, 0.1) is 15.6 Å². The lowest BCUT2D eigenvalue weighted by atomic mass is 10.2. The molecule has 2 N–H and O–H groups in total. The smallest absolute Gasteiger partial charge is 0.204 e. The van der Waals surface area contributed by atoms with Gasteiger partial charge in [0.05, 0.1) is 0 Å². The van der Waals surface area contributed by atoms with Gasteiger partial charge in [-0.2, -0.15) is 0 Å². The highest BCUT2D eigenvalue weighted by atomic mass is 32.1. The molecule has 84 valence electrons. The van der Waals surface area contributed by atoms with Crippen LogP contribution in [0.1, 0.15) is 5.56 Å². The van der Waals surface area contributed by atoms with Crippen molar-refractivity contribution in [1.29, 1.82) is 0 Å². The molecule has 0 bridgehead atoms. The van der Waals surface area contributed by atoms with E-state index in [4.69, 9.17) is 12.2 Å². The van der Waals surface area contributed by atoms with Gasteiger partial charge in [0.2, 0.25) is 5.13 Å². The second kappa shape index (κ2) is 4.67. The van der Waals surface area contributed by atoms with Crippen LogP contribution in [-0.2, 0) is 6.54 Å². The number of nitrogens with one attached hydrogen (secondary N) is 2. The number of H-pyrrole nitrogens is 1. The number of hydrogen-bond acceptors (Lipinski definition) is 4. The van der Waals surface area contributed by atoms with E-state index < -0.39 is 11.6 Å². The quantitative estimate of drug-likeness (QED) is 0.832. The highest BCUT2D eigenvalue weighted by Gasteiger charge is 2.04. The van der Waals surface area contributed by atoms with E-state index in [2.05, 4.69) is 15.5 Å². The number of rotatable bonds is 3. The van der Waals surface area contributed by atoms with Gasteiger partial charge in [0.1, 0.15) is 11.6 Å².